The number of carbonyl (C=O) groups is 1. The fraction of sp³-hybridized carbons (Fsp3) is 0.250. The summed E-state index contributed by atoms with van der Waals surface area (Å²) in [7, 11) is 1.58. The highest BCUT2D eigenvalue weighted by Crippen LogP contribution is 2.28. The van der Waals surface area contributed by atoms with Gasteiger partial charge in [-0.05, 0) is 36.6 Å². The summed E-state index contributed by atoms with van der Waals surface area (Å²) >= 11 is 0. The number of rotatable bonds is 5. The van der Waals surface area contributed by atoms with Gasteiger partial charge in [0.25, 0.3) is 5.91 Å². The maximum absolute atomic E-state index is 12.5. The predicted octanol–water partition coefficient (Wildman–Crippen LogP) is 4.49. The van der Waals surface area contributed by atoms with Gasteiger partial charge in [-0.15, -0.1) is 0 Å². The Labute approximate surface area is 141 Å². The Bertz CT molecular complexity index is 849. The van der Waals surface area contributed by atoms with Crippen molar-refractivity contribution < 1.29 is 13.9 Å². The smallest absolute Gasteiger partial charge is 0.287 e. The van der Waals surface area contributed by atoms with Gasteiger partial charge in [0.2, 0.25) is 0 Å². The SMILES string of the molecule is CCc1ccc([C@@H](C)NC(=O)c2cc3cccc(OC)c3o2)cc1. The summed E-state index contributed by atoms with van der Waals surface area (Å²) in [5, 5.41) is 3.82. The third-order valence-electron chi connectivity index (χ3n) is 4.19. The van der Waals surface area contributed by atoms with E-state index in [9.17, 15) is 4.79 Å². The molecule has 0 bridgehead atoms. The first-order valence-corrected chi connectivity index (χ1v) is 8.08. The molecule has 124 valence electrons. The van der Waals surface area contributed by atoms with Crippen molar-refractivity contribution in [3.8, 4) is 5.75 Å². The lowest BCUT2D eigenvalue weighted by Gasteiger charge is -2.13. The molecule has 0 unspecified atom stereocenters. The molecule has 24 heavy (non-hydrogen) atoms. The minimum absolute atomic E-state index is 0.0986. The summed E-state index contributed by atoms with van der Waals surface area (Å²) in [6.45, 7) is 4.08. The van der Waals surface area contributed by atoms with Crippen molar-refractivity contribution in [1.29, 1.82) is 0 Å². The van der Waals surface area contributed by atoms with E-state index in [0.29, 0.717) is 11.3 Å². The third-order valence-corrected chi connectivity index (χ3v) is 4.19. The number of aryl methyl sites for hydroxylation is 1. The van der Waals surface area contributed by atoms with E-state index in [1.54, 1.807) is 13.2 Å². The number of hydrogen-bond donors (Lipinski definition) is 1. The number of ether oxygens (including phenoxy) is 1. The molecule has 3 aromatic rings. The van der Waals surface area contributed by atoms with Crippen LogP contribution in [-0.2, 0) is 6.42 Å². The van der Waals surface area contributed by atoms with E-state index in [1.807, 2.05) is 37.3 Å². The Kier molecular flexibility index (Phi) is 4.56. The molecule has 1 amide bonds. The van der Waals surface area contributed by atoms with E-state index in [1.165, 1.54) is 5.56 Å². The molecule has 0 aliphatic carbocycles. The van der Waals surface area contributed by atoms with E-state index in [-0.39, 0.29) is 17.7 Å². The van der Waals surface area contributed by atoms with Gasteiger partial charge in [-0.25, -0.2) is 0 Å². The first-order chi connectivity index (χ1) is 11.6. The normalized spacial score (nSPS) is 12.1. The number of benzene rings is 2. The molecule has 1 N–H and O–H groups in total. The molecule has 0 radical (unpaired) electrons. The zero-order valence-corrected chi connectivity index (χ0v) is 14.1. The minimum atomic E-state index is -0.236. The molecule has 1 atom stereocenters. The van der Waals surface area contributed by atoms with Gasteiger partial charge < -0.3 is 14.5 Å². The Balaban J connectivity index is 1.78. The molecule has 4 nitrogen and oxygen atoms in total. The second kappa shape index (κ2) is 6.79. The lowest BCUT2D eigenvalue weighted by Crippen LogP contribution is -2.26. The second-order valence-corrected chi connectivity index (χ2v) is 5.78. The van der Waals surface area contributed by atoms with E-state index >= 15 is 0 Å². The third kappa shape index (κ3) is 3.13. The zero-order valence-electron chi connectivity index (χ0n) is 14.1. The monoisotopic (exact) mass is 323 g/mol. The molecule has 1 heterocycles. The van der Waals surface area contributed by atoms with Gasteiger partial charge in [0.1, 0.15) is 0 Å². The first-order valence-electron chi connectivity index (χ1n) is 8.08. The molecule has 0 aliphatic heterocycles. The average Bonchev–Trinajstić information content (AvgIpc) is 3.06. The molecule has 0 spiro atoms. The molecule has 0 fully saturated rings. The topological polar surface area (TPSA) is 51.5 Å². The molecular weight excluding hydrogens is 302 g/mol. The van der Waals surface area contributed by atoms with Crippen LogP contribution in [0.3, 0.4) is 0 Å². The van der Waals surface area contributed by atoms with Gasteiger partial charge in [0.05, 0.1) is 13.2 Å². The average molecular weight is 323 g/mol. The van der Waals surface area contributed by atoms with Crippen molar-refractivity contribution in [3.05, 3.63) is 65.4 Å². The molecule has 4 heteroatoms. The van der Waals surface area contributed by atoms with Crippen LogP contribution >= 0.6 is 0 Å². The highest BCUT2D eigenvalue weighted by molar-refractivity contribution is 5.97. The second-order valence-electron chi connectivity index (χ2n) is 5.78. The summed E-state index contributed by atoms with van der Waals surface area (Å²) < 4.78 is 11.0. The molecule has 0 saturated carbocycles. The standard InChI is InChI=1S/C20H21NO3/c1-4-14-8-10-15(11-9-14)13(2)21-20(22)18-12-16-6-5-7-17(23-3)19(16)24-18/h5-13H,4H2,1-3H3,(H,21,22)/t13-/m1/s1. The van der Waals surface area contributed by atoms with E-state index in [4.69, 9.17) is 9.15 Å². The highest BCUT2D eigenvalue weighted by Gasteiger charge is 2.17. The lowest BCUT2D eigenvalue weighted by atomic mass is 10.0. The van der Waals surface area contributed by atoms with E-state index in [0.717, 1.165) is 17.4 Å². The fourth-order valence-electron chi connectivity index (χ4n) is 2.70. The predicted molar refractivity (Wildman–Crippen MR) is 94.5 cm³/mol. The van der Waals surface area contributed by atoms with Crippen LogP contribution in [0.15, 0.2) is 52.9 Å². The van der Waals surface area contributed by atoms with Crippen molar-refractivity contribution >= 4 is 16.9 Å². The molecular formula is C20H21NO3. The number of nitrogens with one attached hydrogen (secondary N) is 1. The van der Waals surface area contributed by atoms with Crippen LogP contribution in [0.1, 0.15) is 41.6 Å². The Morgan fingerprint density at radius 3 is 2.62 bits per heavy atom. The van der Waals surface area contributed by atoms with Crippen LogP contribution in [-0.4, -0.2) is 13.0 Å². The van der Waals surface area contributed by atoms with Gasteiger partial charge >= 0.3 is 0 Å². The van der Waals surface area contributed by atoms with Gasteiger partial charge in [-0.1, -0.05) is 43.3 Å². The Hall–Kier alpha value is -2.75. The van der Waals surface area contributed by atoms with Crippen molar-refractivity contribution in [2.24, 2.45) is 0 Å². The molecule has 0 aliphatic rings. The van der Waals surface area contributed by atoms with E-state index < -0.39 is 0 Å². The maximum Gasteiger partial charge on any atom is 0.287 e. The maximum atomic E-state index is 12.5. The number of furan rings is 1. The van der Waals surface area contributed by atoms with Crippen LogP contribution in [0.25, 0.3) is 11.0 Å². The molecule has 1 aromatic heterocycles. The number of para-hydroxylation sites is 1. The lowest BCUT2D eigenvalue weighted by molar-refractivity contribution is 0.0914. The quantitative estimate of drug-likeness (QED) is 0.752. The number of carbonyl (C=O) groups excluding carboxylic acids is 1. The highest BCUT2D eigenvalue weighted by atomic mass is 16.5. The van der Waals surface area contributed by atoms with Crippen LogP contribution in [0, 0.1) is 0 Å². The van der Waals surface area contributed by atoms with Gasteiger partial charge in [0.15, 0.2) is 17.1 Å². The zero-order chi connectivity index (χ0) is 17.1. The van der Waals surface area contributed by atoms with Crippen molar-refractivity contribution in [2.45, 2.75) is 26.3 Å². The molecule has 3 rings (SSSR count). The van der Waals surface area contributed by atoms with Crippen molar-refractivity contribution in [2.75, 3.05) is 7.11 Å². The Morgan fingerprint density at radius 2 is 1.96 bits per heavy atom. The van der Waals surface area contributed by atoms with Crippen LogP contribution in [0.2, 0.25) is 0 Å². The van der Waals surface area contributed by atoms with Gasteiger partial charge in [-0.3, -0.25) is 4.79 Å². The van der Waals surface area contributed by atoms with Crippen LogP contribution < -0.4 is 10.1 Å². The van der Waals surface area contributed by atoms with Crippen molar-refractivity contribution in [3.63, 3.8) is 0 Å². The summed E-state index contributed by atoms with van der Waals surface area (Å²) in [4.78, 5) is 12.5. The van der Waals surface area contributed by atoms with Crippen LogP contribution in [0.4, 0.5) is 0 Å². The Morgan fingerprint density at radius 1 is 1.21 bits per heavy atom. The number of hydrogen-bond acceptors (Lipinski definition) is 3. The largest absolute Gasteiger partial charge is 0.493 e. The van der Waals surface area contributed by atoms with E-state index in [2.05, 4.69) is 24.4 Å². The molecule has 2 aromatic carbocycles. The summed E-state index contributed by atoms with van der Waals surface area (Å²) in [5.74, 6) is 0.668. The summed E-state index contributed by atoms with van der Waals surface area (Å²) in [5.41, 5.74) is 2.93. The van der Waals surface area contributed by atoms with Gasteiger partial charge in [-0.2, -0.15) is 0 Å². The molecule has 0 saturated heterocycles. The number of amides is 1. The summed E-state index contributed by atoms with van der Waals surface area (Å²) in [6.07, 6.45) is 1.00. The fourth-order valence-corrected chi connectivity index (χ4v) is 2.70. The number of methoxy groups -OCH3 is 1. The van der Waals surface area contributed by atoms with Crippen molar-refractivity contribution in [1.82, 2.24) is 5.32 Å². The first kappa shape index (κ1) is 16.1. The van der Waals surface area contributed by atoms with Gasteiger partial charge in [0, 0.05) is 5.39 Å². The minimum Gasteiger partial charge on any atom is -0.493 e. The van der Waals surface area contributed by atoms with Crippen LogP contribution in [0.5, 0.6) is 5.75 Å². The number of fused-ring (bicyclic) bond motifs is 1. The summed E-state index contributed by atoms with van der Waals surface area (Å²) in [6, 6.07) is 15.5.